The normalized spacial score (nSPS) is 26.9. The van der Waals surface area contributed by atoms with Gasteiger partial charge in [-0.05, 0) is 39.5 Å². The van der Waals surface area contributed by atoms with E-state index in [-0.39, 0.29) is 11.4 Å². The van der Waals surface area contributed by atoms with E-state index in [1.54, 1.807) is 0 Å². The van der Waals surface area contributed by atoms with Gasteiger partial charge in [0.15, 0.2) is 0 Å². The zero-order chi connectivity index (χ0) is 10.8. The molecule has 14 heavy (non-hydrogen) atoms. The molecule has 0 aliphatic heterocycles. The van der Waals surface area contributed by atoms with E-state index < -0.39 is 0 Å². The van der Waals surface area contributed by atoms with Gasteiger partial charge in [0.1, 0.15) is 0 Å². The number of carbonyl (C=O) groups is 1. The number of rotatable bonds is 3. The molecule has 1 amide bonds. The lowest BCUT2D eigenvalue weighted by atomic mass is 9.82. The summed E-state index contributed by atoms with van der Waals surface area (Å²) in [5.41, 5.74) is 0.0181. The zero-order valence-corrected chi connectivity index (χ0v) is 9.68. The number of carbonyl (C=O) groups excluding carboxylic acids is 1. The highest BCUT2D eigenvalue weighted by molar-refractivity contribution is 5.78. The standard InChI is InChI=1S/C11H22N2O/c1-8-5-9(6-8)13-10(14)7-12-11(2,3)4/h8-9,12H,5-7H2,1-4H3,(H,13,14). The Labute approximate surface area is 86.6 Å². The molecular weight excluding hydrogens is 176 g/mol. The molecular formula is C11H22N2O. The molecule has 0 unspecified atom stereocenters. The molecule has 3 heteroatoms. The summed E-state index contributed by atoms with van der Waals surface area (Å²) in [7, 11) is 0. The number of hydrogen-bond donors (Lipinski definition) is 2. The van der Waals surface area contributed by atoms with Crippen molar-refractivity contribution in [3.05, 3.63) is 0 Å². The quantitative estimate of drug-likeness (QED) is 0.717. The van der Waals surface area contributed by atoms with Gasteiger partial charge in [-0.15, -0.1) is 0 Å². The Hall–Kier alpha value is -0.570. The highest BCUT2D eigenvalue weighted by atomic mass is 16.2. The van der Waals surface area contributed by atoms with Crippen LogP contribution in [0.3, 0.4) is 0 Å². The Morgan fingerprint density at radius 2 is 1.93 bits per heavy atom. The largest absolute Gasteiger partial charge is 0.352 e. The van der Waals surface area contributed by atoms with Crippen LogP contribution in [0.25, 0.3) is 0 Å². The summed E-state index contributed by atoms with van der Waals surface area (Å²) >= 11 is 0. The van der Waals surface area contributed by atoms with E-state index in [1.165, 1.54) is 0 Å². The molecule has 1 aliphatic carbocycles. The lowest BCUT2D eigenvalue weighted by Gasteiger charge is -2.33. The Kier molecular flexibility index (Phi) is 3.53. The van der Waals surface area contributed by atoms with Gasteiger partial charge < -0.3 is 10.6 Å². The van der Waals surface area contributed by atoms with Gasteiger partial charge in [0.2, 0.25) is 5.91 Å². The molecule has 1 saturated carbocycles. The van der Waals surface area contributed by atoms with E-state index in [2.05, 4.69) is 38.3 Å². The van der Waals surface area contributed by atoms with Gasteiger partial charge in [-0.3, -0.25) is 4.79 Å². The molecule has 0 heterocycles. The van der Waals surface area contributed by atoms with Crippen LogP contribution in [0.1, 0.15) is 40.5 Å². The summed E-state index contributed by atoms with van der Waals surface area (Å²) in [5.74, 6) is 0.910. The first kappa shape index (κ1) is 11.5. The minimum Gasteiger partial charge on any atom is -0.352 e. The number of amides is 1. The van der Waals surface area contributed by atoms with Crippen molar-refractivity contribution >= 4 is 5.91 Å². The summed E-state index contributed by atoms with van der Waals surface area (Å²) in [6.45, 7) is 8.83. The van der Waals surface area contributed by atoms with Gasteiger partial charge in [0.25, 0.3) is 0 Å². The van der Waals surface area contributed by atoms with Gasteiger partial charge >= 0.3 is 0 Å². The van der Waals surface area contributed by atoms with Crippen LogP contribution in [0.15, 0.2) is 0 Å². The number of nitrogens with one attached hydrogen (secondary N) is 2. The third-order valence-corrected chi connectivity index (χ3v) is 2.52. The summed E-state index contributed by atoms with van der Waals surface area (Å²) in [4.78, 5) is 11.4. The third-order valence-electron chi connectivity index (χ3n) is 2.52. The second kappa shape index (κ2) is 4.30. The van der Waals surface area contributed by atoms with Gasteiger partial charge in [-0.1, -0.05) is 6.92 Å². The van der Waals surface area contributed by atoms with E-state index in [0.29, 0.717) is 12.6 Å². The van der Waals surface area contributed by atoms with Crippen molar-refractivity contribution in [2.24, 2.45) is 5.92 Å². The van der Waals surface area contributed by atoms with Crippen LogP contribution in [0.4, 0.5) is 0 Å². The summed E-state index contributed by atoms with van der Waals surface area (Å²) in [5, 5.41) is 6.19. The molecule has 0 bridgehead atoms. The van der Waals surface area contributed by atoms with E-state index in [9.17, 15) is 4.79 Å². The lowest BCUT2D eigenvalue weighted by Crippen LogP contribution is -2.49. The van der Waals surface area contributed by atoms with Crippen LogP contribution in [0, 0.1) is 5.92 Å². The minimum atomic E-state index is 0.0181. The Morgan fingerprint density at radius 3 is 2.36 bits per heavy atom. The summed E-state index contributed by atoms with van der Waals surface area (Å²) in [6, 6.07) is 0.430. The minimum absolute atomic E-state index is 0.0181. The second-order valence-corrected chi connectivity index (χ2v) is 5.44. The van der Waals surface area contributed by atoms with Crippen LogP contribution < -0.4 is 10.6 Å². The van der Waals surface area contributed by atoms with Crippen molar-refractivity contribution < 1.29 is 4.79 Å². The number of hydrogen-bond acceptors (Lipinski definition) is 2. The molecule has 1 rings (SSSR count). The van der Waals surface area contributed by atoms with Crippen LogP contribution in [-0.4, -0.2) is 24.0 Å². The lowest BCUT2D eigenvalue weighted by molar-refractivity contribution is -0.122. The van der Waals surface area contributed by atoms with Crippen molar-refractivity contribution in [1.29, 1.82) is 0 Å². The smallest absolute Gasteiger partial charge is 0.234 e. The average Bonchev–Trinajstić information content (AvgIpc) is 1.97. The predicted octanol–water partition coefficient (Wildman–Crippen LogP) is 1.29. The Balaban J connectivity index is 2.11. The molecule has 1 aliphatic rings. The fourth-order valence-electron chi connectivity index (χ4n) is 1.64. The molecule has 0 atom stereocenters. The van der Waals surface area contributed by atoms with Gasteiger partial charge in [0.05, 0.1) is 6.54 Å². The summed E-state index contributed by atoms with van der Waals surface area (Å²) in [6.07, 6.45) is 2.28. The molecule has 82 valence electrons. The van der Waals surface area contributed by atoms with Gasteiger partial charge in [-0.25, -0.2) is 0 Å². The van der Waals surface area contributed by atoms with E-state index in [1.807, 2.05) is 0 Å². The van der Waals surface area contributed by atoms with Crippen molar-refractivity contribution in [1.82, 2.24) is 10.6 Å². The van der Waals surface area contributed by atoms with Gasteiger partial charge in [-0.2, -0.15) is 0 Å². The first-order valence-electron chi connectivity index (χ1n) is 5.41. The van der Waals surface area contributed by atoms with Crippen molar-refractivity contribution in [3.8, 4) is 0 Å². The van der Waals surface area contributed by atoms with Gasteiger partial charge in [0, 0.05) is 11.6 Å². The van der Waals surface area contributed by atoms with Crippen LogP contribution >= 0.6 is 0 Å². The average molecular weight is 198 g/mol. The maximum Gasteiger partial charge on any atom is 0.234 e. The molecule has 0 aromatic heterocycles. The molecule has 0 aromatic carbocycles. The van der Waals surface area contributed by atoms with E-state index >= 15 is 0 Å². The first-order chi connectivity index (χ1) is 6.37. The van der Waals surface area contributed by atoms with E-state index in [0.717, 1.165) is 18.8 Å². The third kappa shape index (κ3) is 4.09. The molecule has 1 fully saturated rings. The first-order valence-corrected chi connectivity index (χ1v) is 5.41. The Morgan fingerprint density at radius 1 is 1.36 bits per heavy atom. The van der Waals surface area contributed by atoms with Crippen molar-refractivity contribution in [3.63, 3.8) is 0 Å². The van der Waals surface area contributed by atoms with Crippen LogP contribution in [0.2, 0.25) is 0 Å². The fourth-order valence-corrected chi connectivity index (χ4v) is 1.64. The second-order valence-electron chi connectivity index (χ2n) is 5.44. The van der Waals surface area contributed by atoms with Crippen LogP contribution in [0.5, 0.6) is 0 Å². The SMILES string of the molecule is CC1CC(NC(=O)CNC(C)(C)C)C1. The van der Waals surface area contributed by atoms with Crippen LogP contribution in [-0.2, 0) is 4.79 Å². The molecule has 0 spiro atoms. The zero-order valence-electron chi connectivity index (χ0n) is 9.68. The Bertz CT molecular complexity index is 202. The fraction of sp³-hybridized carbons (Fsp3) is 0.909. The monoisotopic (exact) mass is 198 g/mol. The molecule has 2 N–H and O–H groups in total. The molecule has 0 aromatic rings. The highest BCUT2D eigenvalue weighted by Crippen LogP contribution is 2.25. The maximum atomic E-state index is 11.4. The molecule has 0 saturated heterocycles. The summed E-state index contributed by atoms with van der Waals surface area (Å²) < 4.78 is 0. The predicted molar refractivity (Wildman–Crippen MR) is 58.1 cm³/mol. The molecule has 0 radical (unpaired) electrons. The molecule has 3 nitrogen and oxygen atoms in total. The van der Waals surface area contributed by atoms with Crippen molar-refractivity contribution in [2.75, 3.05) is 6.54 Å². The topological polar surface area (TPSA) is 41.1 Å². The van der Waals surface area contributed by atoms with E-state index in [4.69, 9.17) is 0 Å². The highest BCUT2D eigenvalue weighted by Gasteiger charge is 2.26. The maximum absolute atomic E-state index is 11.4. The van der Waals surface area contributed by atoms with Crippen molar-refractivity contribution in [2.45, 2.75) is 52.1 Å².